The molecule has 0 fully saturated rings. The average Bonchev–Trinajstić information content (AvgIpc) is 3.12. The molecule has 0 saturated heterocycles. The molecule has 3 aliphatic carbocycles. The van der Waals surface area contributed by atoms with Crippen LogP contribution in [0.5, 0.6) is 0 Å². The van der Waals surface area contributed by atoms with E-state index in [0.29, 0.717) is 5.92 Å². The third-order valence-electron chi connectivity index (χ3n) is 5.32. The Morgan fingerprint density at radius 1 is 1.05 bits per heavy atom. The number of hydrogen-bond donors (Lipinski definition) is 0. The Labute approximate surface area is 127 Å². The van der Waals surface area contributed by atoms with E-state index in [1.54, 1.807) is 11.1 Å². The van der Waals surface area contributed by atoms with Crippen molar-refractivity contribution in [2.75, 3.05) is 0 Å². The fourth-order valence-corrected chi connectivity index (χ4v) is 4.01. The maximum Gasteiger partial charge on any atom is 0.00353 e. The van der Waals surface area contributed by atoms with Gasteiger partial charge in [0, 0.05) is 5.92 Å². The van der Waals surface area contributed by atoms with Crippen molar-refractivity contribution in [1.82, 2.24) is 0 Å². The predicted molar refractivity (Wildman–Crippen MR) is 90.0 cm³/mol. The third-order valence-corrected chi connectivity index (χ3v) is 5.32. The molecule has 3 aliphatic rings. The molecular formula is C21H22. The average molecular weight is 274 g/mol. The highest BCUT2D eigenvalue weighted by atomic mass is 14.4. The molecule has 21 heavy (non-hydrogen) atoms. The van der Waals surface area contributed by atoms with Gasteiger partial charge in [-0.2, -0.15) is 0 Å². The van der Waals surface area contributed by atoms with Gasteiger partial charge >= 0.3 is 0 Å². The Bertz CT molecular complexity index is 705. The maximum atomic E-state index is 2.46. The molecule has 1 aromatic carbocycles. The second kappa shape index (κ2) is 4.87. The minimum atomic E-state index is 0.579. The van der Waals surface area contributed by atoms with Gasteiger partial charge in [0.2, 0.25) is 0 Å². The van der Waals surface area contributed by atoms with E-state index in [1.807, 2.05) is 0 Å². The van der Waals surface area contributed by atoms with Crippen LogP contribution in [0.2, 0.25) is 0 Å². The van der Waals surface area contributed by atoms with E-state index < -0.39 is 0 Å². The number of fused-ring (bicyclic) bond motifs is 2. The fourth-order valence-electron chi connectivity index (χ4n) is 4.01. The minimum absolute atomic E-state index is 0.579. The molecule has 0 N–H and O–H groups in total. The molecule has 0 saturated carbocycles. The van der Waals surface area contributed by atoms with Gasteiger partial charge in [0.15, 0.2) is 0 Å². The van der Waals surface area contributed by atoms with Crippen LogP contribution in [-0.4, -0.2) is 0 Å². The molecular weight excluding hydrogens is 252 g/mol. The van der Waals surface area contributed by atoms with Gasteiger partial charge in [-0.1, -0.05) is 55.8 Å². The molecule has 1 aromatic rings. The highest BCUT2D eigenvalue weighted by Crippen LogP contribution is 2.49. The summed E-state index contributed by atoms with van der Waals surface area (Å²) in [6.45, 7) is 4.60. The van der Waals surface area contributed by atoms with Crippen molar-refractivity contribution in [2.45, 2.75) is 39.5 Å². The minimum Gasteiger partial charge on any atom is -0.0769 e. The zero-order valence-electron chi connectivity index (χ0n) is 12.9. The maximum absolute atomic E-state index is 2.46. The summed E-state index contributed by atoms with van der Waals surface area (Å²) in [4.78, 5) is 0. The van der Waals surface area contributed by atoms with Crippen LogP contribution in [-0.2, 0) is 6.42 Å². The standard InChI is InChI=1S/C21H22/c1-3-15-7-9-17(10-8-15)20-13-21-18(14(20)2)12-11-16-5-4-6-19(16)21/h5-10,13-14H,3-4,11-12H2,1-2H3. The third kappa shape index (κ3) is 1.97. The molecule has 0 heterocycles. The lowest BCUT2D eigenvalue weighted by molar-refractivity contribution is 0.777. The monoisotopic (exact) mass is 274 g/mol. The summed E-state index contributed by atoms with van der Waals surface area (Å²) in [5.41, 5.74) is 10.6. The number of benzene rings is 1. The molecule has 0 radical (unpaired) electrons. The van der Waals surface area contributed by atoms with E-state index in [9.17, 15) is 0 Å². The Balaban J connectivity index is 1.73. The van der Waals surface area contributed by atoms with Gasteiger partial charge in [-0.15, -0.1) is 0 Å². The van der Waals surface area contributed by atoms with Gasteiger partial charge < -0.3 is 0 Å². The van der Waals surface area contributed by atoms with E-state index in [1.165, 1.54) is 40.7 Å². The van der Waals surface area contributed by atoms with E-state index in [0.717, 1.165) is 12.8 Å². The van der Waals surface area contributed by atoms with Crippen molar-refractivity contribution >= 4 is 5.57 Å². The van der Waals surface area contributed by atoms with Gasteiger partial charge in [-0.05, 0) is 65.2 Å². The summed E-state index contributed by atoms with van der Waals surface area (Å²) >= 11 is 0. The molecule has 1 unspecified atom stereocenters. The summed E-state index contributed by atoms with van der Waals surface area (Å²) in [7, 11) is 0. The number of allylic oxidation sites excluding steroid dienone is 8. The van der Waals surface area contributed by atoms with Crippen LogP contribution < -0.4 is 0 Å². The Morgan fingerprint density at radius 3 is 2.62 bits per heavy atom. The molecule has 0 aromatic heterocycles. The molecule has 0 bridgehead atoms. The van der Waals surface area contributed by atoms with Crippen LogP contribution in [0.4, 0.5) is 0 Å². The van der Waals surface area contributed by atoms with Crippen molar-refractivity contribution < 1.29 is 0 Å². The Morgan fingerprint density at radius 2 is 1.86 bits per heavy atom. The van der Waals surface area contributed by atoms with Gasteiger partial charge in [-0.3, -0.25) is 0 Å². The van der Waals surface area contributed by atoms with Crippen molar-refractivity contribution in [3.63, 3.8) is 0 Å². The van der Waals surface area contributed by atoms with Crippen molar-refractivity contribution in [1.29, 1.82) is 0 Å². The predicted octanol–water partition coefficient (Wildman–Crippen LogP) is 5.63. The van der Waals surface area contributed by atoms with Crippen LogP contribution in [0.1, 0.15) is 44.2 Å². The van der Waals surface area contributed by atoms with Crippen molar-refractivity contribution in [2.24, 2.45) is 5.92 Å². The van der Waals surface area contributed by atoms with E-state index >= 15 is 0 Å². The van der Waals surface area contributed by atoms with Gasteiger partial charge in [0.25, 0.3) is 0 Å². The summed E-state index contributed by atoms with van der Waals surface area (Å²) in [6, 6.07) is 9.17. The van der Waals surface area contributed by atoms with Crippen LogP contribution in [0.25, 0.3) is 5.57 Å². The van der Waals surface area contributed by atoms with Gasteiger partial charge in [0.1, 0.15) is 0 Å². The molecule has 0 nitrogen and oxygen atoms in total. The Kier molecular flexibility index (Phi) is 2.99. The molecule has 0 heteroatoms. The van der Waals surface area contributed by atoms with E-state index in [-0.39, 0.29) is 0 Å². The fraction of sp³-hybridized carbons (Fsp3) is 0.333. The first-order valence-electron chi connectivity index (χ1n) is 8.22. The quantitative estimate of drug-likeness (QED) is 0.655. The number of hydrogen-bond acceptors (Lipinski definition) is 0. The Hall–Kier alpha value is -1.82. The first-order valence-corrected chi connectivity index (χ1v) is 8.22. The summed E-state index contributed by atoms with van der Waals surface area (Å²) < 4.78 is 0. The van der Waals surface area contributed by atoms with Gasteiger partial charge in [0.05, 0.1) is 0 Å². The molecule has 4 rings (SSSR count). The zero-order chi connectivity index (χ0) is 14.4. The second-order valence-corrected chi connectivity index (χ2v) is 6.39. The molecule has 0 amide bonds. The SMILES string of the molecule is CCc1ccc(C2=CC3=C(CCC4=CCC=C43)C2C)cc1. The first-order chi connectivity index (χ1) is 10.3. The van der Waals surface area contributed by atoms with Gasteiger partial charge in [-0.25, -0.2) is 0 Å². The summed E-state index contributed by atoms with van der Waals surface area (Å²) in [5, 5.41) is 0. The lowest BCUT2D eigenvalue weighted by Gasteiger charge is -2.22. The zero-order valence-corrected chi connectivity index (χ0v) is 12.9. The van der Waals surface area contributed by atoms with E-state index in [2.05, 4.69) is 56.3 Å². The highest BCUT2D eigenvalue weighted by molar-refractivity contribution is 5.81. The number of rotatable bonds is 2. The van der Waals surface area contributed by atoms with Crippen LogP contribution in [0, 0.1) is 5.92 Å². The highest BCUT2D eigenvalue weighted by Gasteiger charge is 2.31. The number of aryl methyl sites for hydroxylation is 1. The van der Waals surface area contributed by atoms with Crippen LogP contribution in [0.3, 0.4) is 0 Å². The normalized spacial score (nSPS) is 23.5. The van der Waals surface area contributed by atoms with E-state index in [4.69, 9.17) is 0 Å². The lowest BCUT2D eigenvalue weighted by Crippen LogP contribution is -2.05. The van der Waals surface area contributed by atoms with Crippen LogP contribution in [0.15, 0.2) is 64.8 Å². The smallest absolute Gasteiger partial charge is 0.00353 e. The topological polar surface area (TPSA) is 0 Å². The van der Waals surface area contributed by atoms with Crippen molar-refractivity contribution in [3.8, 4) is 0 Å². The second-order valence-electron chi connectivity index (χ2n) is 6.39. The van der Waals surface area contributed by atoms with Crippen molar-refractivity contribution in [3.05, 3.63) is 75.9 Å². The summed E-state index contributed by atoms with van der Waals surface area (Å²) in [6.07, 6.45) is 12.0. The first kappa shape index (κ1) is 12.9. The van der Waals surface area contributed by atoms with Crippen LogP contribution >= 0.6 is 0 Å². The molecule has 0 spiro atoms. The largest absolute Gasteiger partial charge is 0.0769 e. The lowest BCUT2D eigenvalue weighted by atomic mass is 9.83. The molecule has 106 valence electrons. The summed E-state index contributed by atoms with van der Waals surface area (Å²) in [5.74, 6) is 0.579. The molecule has 0 aliphatic heterocycles. The molecule has 1 atom stereocenters.